The topological polar surface area (TPSA) is 106 Å². The number of amides is 1. The summed E-state index contributed by atoms with van der Waals surface area (Å²) in [6.45, 7) is 3.48. The van der Waals surface area contributed by atoms with E-state index in [0.717, 1.165) is 28.4 Å². The van der Waals surface area contributed by atoms with Crippen LogP contribution < -0.4 is 14.2 Å². The number of aromatic nitrogens is 3. The molecule has 2 aliphatic heterocycles. The Morgan fingerprint density at radius 1 is 0.947 bits per heavy atom. The van der Waals surface area contributed by atoms with Gasteiger partial charge in [-0.1, -0.05) is 23.4 Å². The maximum Gasteiger partial charge on any atom is 0.346 e. The molecule has 1 unspecified atom stereocenters. The zero-order valence-corrected chi connectivity index (χ0v) is 20.9. The number of nitriles is 1. The van der Waals surface area contributed by atoms with Gasteiger partial charge >= 0.3 is 6.03 Å². The number of hydrogen-bond acceptors (Lipinski definition) is 8. The highest BCUT2D eigenvalue weighted by Gasteiger charge is 2.30. The smallest absolute Gasteiger partial charge is 0.346 e. The zero-order valence-electron chi connectivity index (χ0n) is 20.9. The van der Waals surface area contributed by atoms with Crippen LogP contribution in [0.1, 0.15) is 22.7 Å². The normalized spacial score (nSPS) is 16.2. The maximum atomic E-state index is 13.3. The van der Waals surface area contributed by atoms with E-state index >= 15 is 0 Å². The maximum absolute atomic E-state index is 13.3. The lowest BCUT2D eigenvalue weighted by molar-refractivity contribution is 0.119. The van der Waals surface area contributed by atoms with Crippen molar-refractivity contribution in [2.45, 2.75) is 6.04 Å². The summed E-state index contributed by atoms with van der Waals surface area (Å²) in [7, 11) is 1.66. The van der Waals surface area contributed by atoms with Crippen molar-refractivity contribution in [3.63, 3.8) is 0 Å². The molecule has 1 amide bonds. The lowest BCUT2D eigenvalue weighted by Gasteiger charge is -2.39. The van der Waals surface area contributed by atoms with Crippen LogP contribution in [0.2, 0.25) is 0 Å². The van der Waals surface area contributed by atoms with E-state index in [9.17, 15) is 4.79 Å². The Kier molecular flexibility index (Phi) is 6.27. The first-order valence-corrected chi connectivity index (χ1v) is 12.5. The summed E-state index contributed by atoms with van der Waals surface area (Å²) >= 11 is 0. The first-order valence-electron chi connectivity index (χ1n) is 12.5. The van der Waals surface area contributed by atoms with Crippen LogP contribution in [-0.2, 0) is 0 Å². The van der Waals surface area contributed by atoms with Crippen LogP contribution >= 0.6 is 0 Å². The summed E-state index contributed by atoms with van der Waals surface area (Å²) in [6.07, 6.45) is 0. The average Bonchev–Trinajstić information content (AvgIpc) is 3.41. The molecular formula is C28H26N6O4. The van der Waals surface area contributed by atoms with Gasteiger partial charge in [0, 0.05) is 26.2 Å². The molecule has 1 aromatic heterocycles. The quantitative estimate of drug-likeness (QED) is 0.411. The number of fused-ring (bicyclic) bond motifs is 2. The minimum Gasteiger partial charge on any atom is -0.497 e. The van der Waals surface area contributed by atoms with Gasteiger partial charge in [-0.15, -0.1) is 5.10 Å². The molecule has 0 aliphatic carbocycles. The van der Waals surface area contributed by atoms with Crippen LogP contribution in [0.5, 0.6) is 17.2 Å². The van der Waals surface area contributed by atoms with Crippen LogP contribution in [-0.4, -0.2) is 77.3 Å². The van der Waals surface area contributed by atoms with E-state index in [2.05, 4.69) is 45.5 Å². The first-order chi connectivity index (χ1) is 18.6. The van der Waals surface area contributed by atoms with Gasteiger partial charge in [-0.25, -0.2) is 4.79 Å². The number of hydrogen-bond donors (Lipinski definition) is 0. The molecule has 1 saturated heterocycles. The van der Waals surface area contributed by atoms with Gasteiger partial charge in [-0.2, -0.15) is 9.94 Å². The van der Waals surface area contributed by atoms with Gasteiger partial charge in [0.05, 0.1) is 30.3 Å². The van der Waals surface area contributed by atoms with E-state index in [1.165, 1.54) is 4.68 Å². The highest BCUT2D eigenvalue weighted by Crippen LogP contribution is 2.37. The lowest BCUT2D eigenvalue weighted by atomic mass is 9.95. The molecule has 0 spiro atoms. The number of ether oxygens (including phenoxy) is 3. The van der Waals surface area contributed by atoms with Gasteiger partial charge < -0.3 is 19.1 Å². The van der Waals surface area contributed by atoms with Crippen molar-refractivity contribution >= 4 is 17.1 Å². The number of carbonyl (C=O) groups is 1. The molecule has 10 heteroatoms. The van der Waals surface area contributed by atoms with Crippen molar-refractivity contribution in [3.05, 3.63) is 77.4 Å². The summed E-state index contributed by atoms with van der Waals surface area (Å²) in [5.74, 6) is 2.30. The summed E-state index contributed by atoms with van der Waals surface area (Å²) in [5, 5.41) is 17.3. The van der Waals surface area contributed by atoms with Crippen LogP contribution in [0.3, 0.4) is 0 Å². The van der Waals surface area contributed by atoms with Crippen molar-refractivity contribution < 1.29 is 19.0 Å². The van der Waals surface area contributed by atoms with Crippen molar-refractivity contribution in [1.29, 1.82) is 5.26 Å². The van der Waals surface area contributed by atoms with Crippen molar-refractivity contribution in [2.24, 2.45) is 0 Å². The minimum absolute atomic E-state index is 0.0365. The number of nitrogens with zero attached hydrogens (tertiary/aromatic N) is 6. The predicted octanol–water partition coefficient (Wildman–Crippen LogP) is 3.46. The molecular weight excluding hydrogens is 484 g/mol. The third-order valence-corrected chi connectivity index (χ3v) is 7.02. The van der Waals surface area contributed by atoms with E-state index in [1.807, 2.05) is 18.2 Å². The monoisotopic (exact) mass is 510 g/mol. The van der Waals surface area contributed by atoms with Crippen LogP contribution in [0, 0.1) is 11.3 Å². The third-order valence-electron chi connectivity index (χ3n) is 7.02. The molecule has 3 heterocycles. The zero-order chi connectivity index (χ0) is 26.1. The third kappa shape index (κ3) is 4.37. The number of rotatable bonds is 4. The van der Waals surface area contributed by atoms with E-state index < -0.39 is 0 Å². The summed E-state index contributed by atoms with van der Waals surface area (Å²) < 4.78 is 18.3. The van der Waals surface area contributed by atoms with E-state index in [4.69, 9.17) is 19.5 Å². The van der Waals surface area contributed by atoms with Crippen LogP contribution in [0.25, 0.3) is 11.0 Å². The lowest BCUT2D eigenvalue weighted by Crippen LogP contribution is -2.51. The fraction of sp³-hybridized carbons (Fsp3) is 0.286. The number of piperazine rings is 1. The van der Waals surface area contributed by atoms with Gasteiger partial charge in [-0.3, -0.25) is 4.90 Å². The SMILES string of the molecule is COc1ccc(C(c2ccc3c(c2)OCCO3)N2CCN(C(=O)n3nnc4cc(C#N)ccc43)CC2)cc1. The van der Waals surface area contributed by atoms with Gasteiger partial charge in [0.2, 0.25) is 0 Å². The van der Waals surface area contributed by atoms with Gasteiger partial charge in [0.25, 0.3) is 0 Å². The summed E-state index contributed by atoms with van der Waals surface area (Å²) in [5.41, 5.74) is 3.81. The molecule has 10 nitrogen and oxygen atoms in total. The first kappa shape index (κ1) is 23.8. The second-order valence-corrected chi connectivity index (χ2v) is 9.20. The average molecular weight is 511 g/mol. The van der Waals surface area contributed by atoms with Crippen molar-refractivity contribution in [3.8, 4) is 23.3 Å². The Morgan fingerprint density at radius 2 is 1.68 bits per heavy atom. The molecule has 38 heavy (non-hydrogen) atoms. The van der Waals surface area contributed by atoms with E-state index in [1.54, 1.807) is 30.2 Å². The van der Waals surface area contributed by atoms with Gasteiger partial charge in [-0.05, 0) is 53.6 Å². The van der Waals surface area contributed by atoms with Gasteiger partial charge in [0.15, 0.2) is 11.5 Å². The highest BCUT2D eigenvalue weighted by molar-refractivity contribution is 5.88. The molecule has 4 aromatic rings. The summed E-state index contributed by atoms with van der Waals surface area (Å²) in [4.78, 5) is 17.5. The van der Waals surface area contributed by atoms with Crippen LogP contribution in [0.4, 0.5) is 4.79 Å². The number of benzene rings is 3. The fourth-order valence-corrected chi connectivity index (χ4v) is 5.07. The van der Waals surface area contributed by atoms with Crippen molar-refractivity contribution in [2.75, 3.05) is 46.5 Å². The molecule has 3 aromatic carbocycles. The highest BCUT2D eigenvalue weighted by atomic mass is 16.6. The molecule has 1 atom stereocenters. The molecule has 0 bridgehead atoms. The molecule has 0 N–H and O–H groups in total. The van der Waals surface area contributed by atoms with E-state index in [0.29, 0.717) is 56.0 Å². The Bertz CT molecular complexity index is 1520. The van der Waals surface area contributed by atoms with Gasteiger partial charge in [0.1, 0.15) is 24.5 Å². The second-order valence-electron chi connectivity index (χ2n) is 9.20. The minimum atomic E-state index is -0.225. The predicted molar refractivity (Wildman–Crippen MR) is 138 cm³/mol. The fourth-order valence-electron chi connectivity index (χ4n) is 5.07. The van der Waals surface area contributed by atoms with E-state index in [-0.39, 0.29) is 12.1 Å². The molecule has 0 radical (unpaired) electrons. The molecule has 2 aliphatic rings. The Morgan fingerprint density at radius 3 is 2.42 bits per heavy atom. The molecule has 0 saturated carbocycles. The molecule has 6 rings (SSSR count). The Balaban J connectivity index is 1.24. The second kappa shape index (κ2) is 10.0. The standard InChI is InChI=1S/C28H26N6O4/c1-36-22-6-3-20(4-7-22)27(21-5-9-25-26(17-21)38-15-14-37-25)32-10-12-33(13-11-32)28(35)34-24-8-2-19(18-29)16-23(24)30-31-34/h2-9,16-17,27H,10-15H2,1H3. The Labute approximate surface area is 219 Å². The molecule has 1 fully saturated rings. The molecule has 192 valence electrons. The largest absolute Gasteiger partial charge is 0.497 e. The number of methoxy groups -OCH3 is 1. The summed E-state index contributed by atoms with van der Waals surface area (Å²) in [6, 6.07) is 21.0. The van der Waals surface area contributed by atoms with Crippen molar-refractivity contribution in [1.82, 2.24) is 24.8 Å². The Hall–Kier alpha value is -4.62. The van der Waals surface area contributed by atoms with Crippen LogP contribution in [0.15, 0.2) is 60.7 Å². The number of carbonyl (C=O) groups excluding carboxylic acids is 1.